The average Bonchev–Trinajstić information content (AvgIpc) is 2.40. The van der Waals surface area contributed by atoms with Crippen molar-refractivity contribution in [2.45, 2.75) is 36.9 Å². The van der Waals surface area contributed by atoms with Crippen LogP contribution >= 0.6 is 15.9 Å². The van der Waals surface area contributed by atoms with Crippen LogP contribution in [0.1, 0.15) is 52.0 Å². The zero-order valence-electron chi connectivity index (χ0n) is 11.6. The van der Waals surface area contributed by atoms with Crippen LogP contribution in [0.2, 0.25) is 0 Å². The number of carbonyl (C=O) groups excluding carboxylic acids is 2. The number of benzene rings is 1. The Labute approximate surface area is 127 Å². The molecule has 1 fully saturated rings. The van der Waals surface area contributed by atoms with Crippen LogP contribution in [0.4, 0.5) is 0 Å². The monoisotopic (exact) mass is 335 g/mol. The van der Waals surface area contributed by atoms with Crippen molar-refractivity contribution in [3.05, 3.63) is 34.9 Å². The predicted octanol–water partition coefficient (Wildman–Crippen LogP) is 3.47. The van der Waals surface area contributed by atoms with Gasteiger partial charge in [-0.25, -0.2) is 0 Å². The molecule has 1 aliphatic carbocycles. The Morgan fingerprint density at radius 3 is 2.75 bits per heavy atom. The molecule has 0 bridgehead atoms. The first-order valence-electron chi connectivity index (χ1n) is 7.14. The van der Waals surface area contributed by atoms with Crippen molar-refractivity contribution >= 4 is 27.7 Å². The molecular weight excluding hydrogens is 318 g/mol. The Hall–Kier alpha value is -1.16. The van der Waals surface area contributed by atoms with Crippen molar-refractivity contribution in [2.75, 3.05) is 7.05 Å². The Morgan fingerprint density at radius 1 is 1.35 bits per heavy atom. The molecule has 2 aliphatic rings. The van der Waals surface area contributed by atoms with E-state index in [2.05, 4.69) is 15.9 Å². The zero-order chi connectivity index (χ0) is 14.3. The second kappa shape index (κ2) is 5.32. The van der Waals surface area contributed by atoms with Gasteiger partial charge in [-0.3, -0.25) is 14.5 Å². The first kappa shape index (κ1) is 13.8. The molecule has 1 unspecified atom stereocenters. The van der Waals surface area contributed by atoms with E-state index in [0.717, 1.165) is 23.5 Å². The summed E-state index contributed by atoms with van der Waals surface area (Å²) in [6.45, 7) is 0. The van der Waals surface area contributed by atoms with Crippen molar-refractivity contribution in [2.24, 2.45) is 5.92 Å². The first-order valence-corrected chi connectivity index (χ1v) is 8.05. The largest absolute Gasteiger partial charge is 0.281 e. The van der Waals surface area contributed by atoms with Crippen molar-refractivity contribution in [3.8, 4) is 0 Å². The fourth-order valence-electron chi connectivity index (χ4n) is 2.87. The molecular formula is C16H18BrNO2. The van der Waals surface area contributed by atoms with Crippen LogP contribution in [0.25, 0.3) is 0 Å². The molecule has 1 aliphatic heterocycles. The Balaban J connectivity index is 1.84. The van der Waals surface area contributed by atoms with E-state index in [-0.39, 0.29) is 11.8 Å². The van der Waals surface area contributed by atoms with Gasteiger partial charge in [0.1, 0.15) is 0 Å². The molecule has 1 aromatic rings. The maximum Gasteiger partial charge on any atom is 0.260 e. The highest BCUT2D eigenvalue weighted by molar-refractivity contribution is 9.09. The minimum Gasteiger partial charge on any atom is -0.281 e. The van der Waals surface area contributed by atoms with Gasteiger partial charge in [0.25, 0.3) is 5.91 Å². The number of hydrogen-bond donors (Lipinski definition) is 0. The lowest BCUT2D eigenvalue weighted by atomic mass is 9.81. The summed E-state index contributed by atoms with van der Waals surface area (Å²) in [6, 6.07) is 5.93. The van der Waals surface area contributed by atoms with Crippen molar-refractivity contribution in [3.63, 3.8) is 0 Å². The van der Waals surface area contributed by atoms with Gasteiger partial charge in [-0.1, -0.05) is 47.3 Å². The van der Waals surface area contributed by atoms with Crippen molar-refractivity contribution < 1.29 is 9.59 Å². The lowest BCUT2D eigenvalue weighted by molar-refractivity contribution is -0.127. The summed E-state index contributed by atoms with van der Waals surface area (Å²) in [7, 11) is 1.56. The SMILES string of the molecule is CN1C(=O)Cc2ccc(C(Br)CC3CCC3)cc2C1=O. The number of carbonyl (C=O) groups is 2. The summed E-state index contributed by atoms with van der Waals surface area (Å²) < 4.78 is 0. The van der Waals surface area contributed by atoms with Crippen LogP contribution in [0.5, 0.6) is 0 Å². The summed E-state index contributed by atoms with van der Waals surface area (Å²) in [5, 5.41) is 0. The van der Waals surface area contributed by atoms with Crippen LogP contribution < -0.4 is 0 Å². The van der Waals surface area contributed by atoms with Gasteiger partial charge in [0.05, 0.1) is 6.42 Å². The van der Waals surface area contributed by atoms with E-state index in [1.54, 1.807) is 7.05 Å². The third-order valence-corrected chi connectivity index (χ3v) is 5.41. The van der Waals surface area contributed by atoms with Crippen LogP contribution in [-0.4, -0.2) is 23.8 Å². The van der Waals surface area contributed by atoms with E-state index in [0.29, 0.717) is 16.8 Å². The van der Waals surface area contributed by atoms with Gasteiger partial charge in [0.2, 0.25) is 5.91 Å². The third-order valence-electron chi connectivity index (χ3n) is 4.51. The molecule has 1 heterocycles. The molecule has 0 spiro atoms. The van der Waals surface area contributed by atoms with Crippen molar-refractivity contribution in [1.82, 2.24) is 4.90 Å². The average molecular weight is 336 g/mol. The van der Waals surface area contributed by atoms with Gasteiger partial charge in [0.15, 0.2) is 0 Å². The maximum atomic E-state index is 12.2. The van der Waals surface area contributed by atoms with Crippen LogP contribution in [0.15, 0.2) is 18.2 Å². The minimum absolute atomic E-state index is 0.125. The number of likely N-dealkylation sites (N-methyl/N-ethyl adjacent to an activating group) is 1. The van der Waals surface area contributed by atoms with Gasteiger partial charge < -0.3 is 0 Å². The summed E-state index contributed by atoms with van der Waals surface area (Å²) >= 11 is 3.74. The van der Waals surface area contributed by atoms with E-state index in [1.165, 1.54) is 24.2 Å². The van der Waals surface area contributed by atoms with Gasteiger partial charge in [0, 0.05) is 17.4 Å². The lowest BCUT2D eigenvalue weighted by Gasteiger charge is -2.28. The number of halogens is 1. The van der Waals surface area contributed by atoms with E-state index in [9.17, 15) is 9.59 Å². The number of imide groups is 1. The molecule has 0 radical (unpaired) electrons. The first-order chi connectivity index (χ1) is 9.56. The molecule has 4 heteroatoms. The molecule has 1 atom stereocenters. The topological polar surface area (TPSA) is 37.4 Å². The van der Waals surface area contributed by atoms with Gasteiger partial charge >= 0.3 is 0 Å². The van der Waals surface area contributed by atoms with E-state index < -0.39 is 0 Å². The van der Waals surface area contributed by atoms with Gasteiger partial charge in [-0.05, 0) is 29.5 Å². The highest BCUT2D eigenvalue weighted by atomic mass is 79.9. The number of amides is 2. The quantitative estimate of drug-likeness (QED) is 0.626. The van der Waals surface area contributed by atoms with E-state index in [1.807, 2.05) is 18.2 Å². The summed E-state index contributed by atoms with van der Waals surface area (Å²) in [6.07, 6.45) is 5.45. The predicted molar refractivity (Wildman–Crippen MR) is 80.9 cm³/mol. The smallest absolute Gasteiger partial charge is 0.260 e. The Morgan fingerprint density at radius 2 is 2.10 bits per heavy atom. The number of fused-ring (bicyclic) bond motifs is 1. The molecule has 3 rings (SSSR count). The fourth-order valence-corrected chi connectivity index (χ4v) is 3.69. The molecule has 0 N–H and O–H groups in total. The number of alkyl halides is 1. The van der Waals surface area contributed by atoms with Gasteiger partial charge in [-0.15, -0.1) is 0 Å². The summed E-state index contributed by atoms with van der Waals surface area (Å²) in [5.74, 6) is 0.511. The van der Waals surface area contributed by atoms with Crippen LogP contribution in [0, 0.1) is 5.92 Å². The molecule has 1 aromatic carbocycles. The second-order valence-electron chi connectivity index (χ2n) is 5.85. The van der Waals surface area contributed by atoms with Crippen LogP contribution in [-0.2, 0) is 11.2 Å². The Kier molecular flexibility index (Phi) is 3.67. The molecule has 0 saturated heterocycles. The molecule has 106 valence electrons. The number of hydrogen-bond acceptors (Lipinski definition) is 2. The van der Waals surface area contributed by atoms with Crippen LogP contribution in [0.3, 0.4) is 0 Å². The number of nitrogens with zero attached hydrogens (tertiary/aromatic N) is 1. The highest BCUT2D eigenvalue weighted by Crippen LogP contribution is 2.39. The molecule has 20 heavy (non-hydrogen) atoms. The molecule has 3 nitrogen and oxygen atoms in total. The normalized spacial score (nSPS) is 20.6. The molecule has 0 aromatic heterocycles. The van der Waals surface area contributed by atoms with E-state index in [4.69, 9.17) is 0 Å². The summed E-state index contributed by atoms with van der Waals surface area (Å²) in [5.41, 5.74) is 2.68. The Bertz CT molecular complexity index is 566. The molecule has 1 saturated carbocycles. The summed E-state index contributed by atoms with van der Waals surface area (Å²) in [4.78, 5) is 25.4. The molecule has 2 amide bonds. The maximum absolute atomic E-state index is 12.2. The zero-order valence-corrected chi connectivity index (χ0v) is 13.1. The number of rotatable bonds is 3. The minimum atomic E-state index is -0.179. The third kappa shape index (κ3) is 2.41. The standard InChI is InChI=1S/C16H18BrNO2/c1-18-15(19)9-11-5-6-12(8-13(11)16(18)20)14(17)7-10-3-2-4-10/h5-6,8,10,14H,2-4,7,9H2,1H3. The second-order valence-corrected chi connectivity index (χ2v) is 6.96. The van der Waals surface area contributed by atoms with Gasteiger partial charge in [-0.2, -0.15) is 0 Å². The lowest BCUT2D eigenvalue weighted by Crippen LogP contribution is -2.39. The highest BCUT2D eigenvalue weighted by Gasteiger charge is 2.29. The fraction of sp³-hybridized carbons (Fsp3) is 0.500. The van der Waals surface area contributed by atoms with E-state index >= 15 is 0 Å². The van der Waals surface area contributed by atoms with Crippen molar-refractivity contribution in [1.29, 1.82) is 0 Å².